The molecule has 1 aromatic heterocycles. The van der Waals surface area contributed by atoms with Crippen LogP contribution in [0.3, 0.4) is 0 Å². The maximum atomic E-state index is 11.3. The van der Waals surface area contributed by atoms with Gasteiger partial charge in [0.1, 0.15) is 17.4 Å². The molecule has 4 nitrogen and oxygen atoms in total. The van der Waals surface area contributed by atoms with Crippen molar-refractivity contribution in [2.45, 2.75) is 12.3 Å². The van der Waals surface area contributed by atoms with E-state index in [0.717, 1.165) is 0 Å². The van der Waals surface area contributed by atoms with E-state index in [1.165, 1.54) is 6.07 Å². The Bertz CT molecular complexity index is 378. The third-order valence-corrected chi connectivity index (χ3v) is 2.05. The van der Waals surface area contributed by atoms with Crippen LogP contribution in [-0.2, 0) is 10.1 Å². The highest BCUT2D eigenvalue weighted by Crippen LogP contribution is 2.18. The van der Waals surface area contributed by atoms with Crippen molar-refractivity contribution in [3.8, 4) is 6.07 Å². The molecule has 0 aromatic carbocycles. The van der Waals surface area contributed by atoms with Gasteiger partial charge in [0.2, 0.25) is 5.76 Å². The Morgan fingerprint density at radius 2 is 2.50 bits per heavy atom. The number of halogens is 1. The van der Waals surface area contributed by atoms with Gasteiger partial charge in [-0.1, -0.05) is 15.9 Å². The van der Waals surface area contributed by atoms with Crippen LogP contribution >= 0.6 is 15.9 Å². The molecular weight excluding hydrogens is 250 g/mol. The largest absolute Gasteiger partial charge is 0.462 e. The van der Waals surface area contributed by atoms with Crippen molar-refractivity contribution in [3.05, 3.63) is 23.2 Å². The molecule has 0 spiro atoms. The SMILES string of the molecule is CCOC(=O)c1cc(C#N)oc1CBr. The summed E-state index contributed by atoms with van der Waals surface area (Å²) in [5, 5.41) is 8.95. The molecule has 0 unspecified atom stereocenters. The highest BCUT2D eigenvalue weighted by Gasteiger charge is 2.17. The Balaban J connectivity index is 3.01. The number of nitrogens with zero attached hydrogens (tertiary/aromatic N) is 1. The first-order valence-corrected chi connectivity index (χ1v) is 5.11. The molecule has 0 N–H and O–H groups in total. The second-order valence-corrected chi connectivity index (χ2v) is 2.97. The molecule has 0 atom stereocenters. The third-order valence-electron chi connectivity index (χ3n) is 1.54. The Kier molecular flexibility index (Phi) is 3.72. The van der Waals surface area contributed by atoms with E-state index in [0.29, 0.717) is 23.3 Å². The smallest absolute Gasteiger partial charge is 0.341 e. The molecule has 0 bridgehead atoms. The van der Waals surface area contributed by atoms with Crippen LogP contribution in [0.5, 0.6) is 0 Å². The zero-order valence-electron chi connectivity index (χ0n) is 7.54. The zero-order chi connectivity index (χ0) is 10.6. The van der Waals surface area contributed by atoms with Crippen LogP contribution in [0, 0.1) is 11.3 Å². The van der Waals surface area contributed by atoms with Crippen LogP contribution in [0.15, 0.2) is 10.5 Å². The maximum Gasteiger partial charge on any atom is 0.341 e. The van der Waals surface area contributed by atoms with Gasteiger partial charge < -0.3 is 9.15 Å². The zero-order valence-corrected chi connectivity index (χ0v) is 9.13. The molecule has 0 saturated carbocycles. The van der Waals surface area contributed by atoms with Gasteiger partial charge in [-0.2, -0.15) is 5.26 Å². The molecule has 0 radical (unpaired) electrons. The molecule has 0 aliphatic heterocycles. The van der Waals surface area contributed by atoms with E-state index in [1.54, 1.807) is 6.92 Å². The van der Waals surface area contributed by atoms with E-state index in [9.17, 15) is 4.79 Å². The number of hydrogen-bond donors (Lipinski definition) is 0. The van der Waals surface area contributed by atoms with Crippen molar-refractivity contribution in [1.82, 2.24) is 0 Å². The minimum absolute atomic E-state index is 0.113. The van der Waals surface area contributed by atoms with E-state index in [2.05, 4.69) is 15.9 Å². The summed E-state index contributed by atoms with van der Waals surface area (Å²) in [6.07, 6.45) is 0. The van der Waals surface area contributed by atoms with Crippen LogP contribution in [-0.4, -0.2) is 12.6 Å². The van der Waals surface area contributed by atoms with E-state index in [4.69, 9.17) is 14.4 Å². The molecule has 1 rings (SSSR count). The number of furan rings is 1. The predicted molar refractivity (Wildman–Crippen MR) is 52.0 cm³/mol. The first-order chi connectivity index (χ1) is 6.72. The van der Waals surface area contributed by atoms with Crippen LogP contribution in [0.2, 0.25) is 0 Å². The van der Waals surface area contributed by atoms with Crippen molar-refractivity contribution >= 4 is 21.9 Å². The fraction of sp³-hybridized carbons (Fsp3) is 0.333. The summed E-state index contributed by atoms with van der Waals surface area (Å²) in [5.74, 6) is 0.0645. The number of esters is 1. The molecule has 0 aliphatic carbocycles. The maximum absolute atomic E-state index is 11.3. The lowest BCUT2D eigenvalue weighted by atomic mass is 10.2. The molecule has 1 aromatic rings. The van der Waals surface area contributed by atoms with Gasteiger partial charge in [0.25, 0.3) is 0 Å². The van der Waals surface area contributed by atoms with Gasteiger partial charge in [0, 0.05) is 6.07 Å². The molecule has 74 valence electrons. The average Bonchev–Trinajstić information content (AvgIpc) is 2.61. The van der Waals surface area contributed by atoms with Crippen molar-refractivity contribution in [3.63, 3.8) is 0 Å². The molecular formula is C9H8BrNO3. The molecule has 5 heteroatoms. The van der Waals surface area contributed by atoms with Crippen LogP contribution in [0.25, 0.3) is 0 Å². The fourth-order valence-electron chi connectivity index (χ4n) is 0.965. The topological polar surface area (TPSA) is 63.2 Å². The van der Waals surface area contributed by atoms with Gasteiger partial charge in [0.15, 0.2) is 0 Å². The lowest BCUT2D eigenvalue weighted by molar-refractivity contribution is 0.0524. The molecule has 0 amide bonds. The van der Waals surface area contributed by atoms with Gasteiger partial charge in [-0.15, -0.1) is 0 Å². The summed E-state index contributed by atoms with van der Waals surface area (Å²) in [6.45, 7) is 2.02. The summed E-state index contributed by atoms with van der Waals surface area (Å²) < 4.78 is 9.87. The van der Waals surface area contributed by atoms with Crippen molar-refractivity contribution in [2.24, 2.45) is 0 Å². The number of alkyl halides is 1. The van der Waals surface area contributed by atoms with Gasteiger partial charge in [-0.3, -0.25) is 0 Å². The van der Waals surface area contributed by atoms with Gasteiger partial charge in [-0.25, -0.2) is 4.79 Å². The normalized spacial score (nSPS) is 9.50. The van der Waals surface area contributed by atoms with Gasteiger partial charge >= 0.3 is 5.97 Å². The van der Waals surface area contributed by atoms with E-state index in [-0.39, 0.29) is 5.76 Å². The van der Waals surface area contributed by atoms with Crippen molar-refractivity contribution < 1.29 is 13.9 Å². The summed E-state index contributed by atoms with van der Waals surface area (Å²) in [7, 11) is 0. The third kappa shape index (κ3) is 2.15. The van der Waals surface area contributed by atoms with E-state index < -0.39 is 5.97 Å². The lowest BCUT2D eigenvalue weighted by Crippen LogP contribution is -2.05. The number of hydrogen-bond acceptors (Lipinski definition) is 4. The number of carbonyl (C=O) groups is 1. The Morgan fingerprint density at radius 1 is 1.79 bits per heavy atom. The number of rotatable bonds is 3. The monoisotopic (exact) mass is 257 g/mol. The minimum atomic E-state index is -0.466. The molecule has 0 fully saturated rings. The number of nitriles is 1. The molecule has 0 aliphatic rings. The first-order valence-electron chi connectivity index (χ1n) is 3.98. The average molecular weight is 258 g/mol. The van der Waals surface area contributed by atoms with Crippen LogP contribution < -0.4 is 0 Å². The number of carbonyl (C=O) groups excluding carboxylic acids is 1. The second-order valence-electron chi connectivity index (χ2n) is 2.41. The summed E-state index contributed by atoms with van der Waals surface area (Å²) in [6, 6.07) is 3.21. The van der Waals surface area contributed by atoms with E-state index in [1.807, 2.05) is 6.07 Å². The Labute approximate surface area is 89.6 Å². The number of ether oxygens (including phenoxy) is 1. The van der Waals surface area contributed by atoms with E-state index >= 15 is 0 Å². The van der Waals surface area contributed by atoms with Gasteiger partial charge in [-0.05, 0) is 6.92 Å². The molecule has 1 heterocycles. The second kappa shape index (κ2) is 4.82. The quantitative estimate of drug-likeness (QED) is 0.616. The summed E-state index contributed by atoms with van der Waals surface area (Å²) in [4.78, 5) is 11.3. The standard InChI is InChI=1S/C9H8BrNO3/c1-2-13-9(12)7-3-6(5-11)14-8(7)4-10/h3H,2,4H2,1H3. The van der Waals surface area contributed by atoms with Crippen LogP contribution in [0.4, 0.5) is 0 Å². The molecule has 0 saturated heterocycles. The first kappa shape index (κ1) is 10.8. The highest BCUT2D eigenvalue weighted by atomic mass is 79.9. The van der Waals surface area contributed by atoms with Gasteiger partial charge in [0.05, 0.1) is 11.9 Å². The lowest BCUT2D eigenvalue weighted by Gasteiger charge is -1.98. The Morgan fingerprint density at radius 3 is 3.00 bits per heavy atom. The molecule has 14 heavy (non-hydrogen) atoms. The van der Waals surface area contributed by atoms with Crippen molar-refractivity contribution in [2.75, 3.05) is 6.61 Å². The summed E-state index contributed by atoms with van der Waals surface area (Å²) in [5.41, 5.74) is 0.306. The predicted octanol–water partition coefficient (Wildman–Crippen LogP) is 2.22. The Hall–Kier alpha value is -1.28. The van der Waals surface area contributed by atoms with Crippen molar-refractivity contribution in [1.29, 1.82) is 5.26 Å². The van der Waals surface area contributed by atoms with Crippen LogP contribution in [0.1, 0.15) is 28.8 Å². The highest BCUT2D eigenvalue weighted by molar-refractivity contribution is 9.08. The summed E-state index contributed by atoms with van der Waals surface area (Å²) >= 11 is 3.16. The minimum Gasteiger partial charge on any atom is -0.462 e. The fourth-order valence-corrected chi connectivity index (χ4v) is 1.38.